The molecule has 1 aromatic heterocycles. The number of aryl methyl sites for hydroxylation is 1. The lowest BCUT2D eigenvalue weighted by molar-refractivity contribution is 0.0945. The Morgan fingerprint density at radius 3 is 2.50 bits per heavy atom. The molecule has 0 spiro atoms. The maximum Gasteiger partial charge on any atom is 0.271 e. The van der Waals surface area contributed by atoms with Gasteiger partial charge >= 0.3 is 0 Å². The average Bonchev–Trinajstić information content (AvgIpc) is 3.26. The summed E-state index contributed by atoms with van der Waals surface area (Å²) in [6.45, 7) is 2.04. The average molecular weight is 268 g/mol. The number of hydrogen-bond acceptors (Lipinski definition) is 4. The summed E-state index contributed by atoms with van der Waals surface area (Å²) < 4.78 is 0. The Hall–Kier alpha value is -2.43. The Morgan fingerprint density at radius 2 is 1.90 bits per heavy atom. The molecule has 0 saturated heterocycles. The van der Waals surface area contributed by atoms with E-state index in [1.54, 1.807) is 6.20 Å². The maximum atomic E-state index is 11.8. The molecule has 3 rings (SSSR count). The van der Waals surface area contributed by atoms with Crippen molar-refractivity contribution in [1.29, 1.82) is 0 Å². The smallest absolute Gasteiger partial charge is 0.271 e. The molecular weight excluding hydrogens is 252 g/mol. The minimum atomic E-state index is -0.151. The van der Waals surface area contributed by atoms with Crippen molar-refractivity contribution in [3.8, 4) is 0 Å². The van der Waals surface area contributed by atoms with Crippen molar-refractivity contribution in [1.82, 2.24) is 15.3 Å². The number of benzene rings is 1. The Labute approximate surface area is 117 Å². The van der Waals surface area contributed by atoms with Crippen LogP contribution in [0.2, 0.25) is 0 Å². The lowest BCUT2D eigenvalue weighted by Crippen LogP contribution is -2.26. The van der Waals surface area contributed by atoms with Crippen LogP contribution in [0, 0.1) is 6.92 Å². The molecule has 0 atom stereocenters. The van der Waals surface area contributed by atoms with Crippen LogP contribution in [-0.4, -0.2) is 21.9 Å². The van der Waals surface area contributed by atoms with Crippen LogP contribution in [-0.2, 0) is 0 Å². The van der Waals surface area contributed by atoms with E-state index in [-0.39, 0.29) is 5.91 Å². The maximum absolute atomic E-state index is 11.8. The Balaban J connectivity index is 1.66. The summed E-state index contributed by atoms with van der Waals surface area (Å²) in [6, 6.07) is 8.32. The molecule has 0 bridgehead atoms. The number of amides is 1. The number of rotatable bonds is 4. The van der Waals surface area contributed by atoms with Gasteiger partial charge in [0.25, 0.3) is 5.91 Å². The van der Waals surface area contributed by atoms with Crippen LogP contribution in [0.3, 0.4) is 0 Å². The number of nitrogens with zero attached hydrogens (tertiary/aromatic N) is 2. The van der Waals surface area contributed by atoms with Gasteiger partial charge in [-0.05, 0) is 31.9 Å². The third-order valence-corrected chi connectivity index (χ3v) is 3.12. The second-order valence-electron chi connectivity index (χ2n) is 5.03. The van der Waals surface area contributed by atoms with Crippen LogP contribution < -0.4 is 10.6 Å². The van der Waals surface area contributed by atoms with Crippen LogP contribution >= 0.6 is 0 Å². The Bertz CT molecular complexity index is 603. The summed E-state index contributed by atoms with van der Waals surface area (Å²) in [4.78, 5) is 20.1. The van der Waals surface area contributed by atoms with Crippen molar-refractivity contribution >= 4 is 17.4 Å². The number of hydrogen-bond donors (Lipinski definition) is 2. The van der Waals surface area contributed by atoms with E-state index in [9.17, 15) is 4.79 Å². The first kappa shape index (κ1) is 12.6. The van der Waals surface area contributed by atoms with Gasteiger partial charge in [0, 0.05) is 11.7 Å². The summed E-state index contributed by atoms with van der Waals surface area (Å²) in [7, 11) is 0. The molecule has 0 aliphatic heterocycles. The monoisotopic (exact) mass is 268 g/mol. The van der Waals surface area contributed by atoms with Gasteiger partial charge < -0.3 is 10.6 Å². The molecule has 5 heteroatoms. The predicted molar refractivity (Wildman–Crippen MR) is 77.0 cm³/mol. The fourth-order valence-corrected chi connectivity index (χ4v) is 1.78. The molecular formula is C15H16N4O. The van der Waals surface area contributed by atoms with E-state index in [1.807, 2.05) is 31.2 Å². The quantitative estimate of drug-likeness (QED) is 0.893. The number of aromatic nitrogens is 2. The second-order valence-corrected chi connectivity index (χ2v) is 5.03. The topological polar surface area (TPSA) is 66.9 Å². The molecule has 1 heterocycles. The van der Waals surface area contributed by atoms with Gasteiger partial charge in [0.15, 0.2) is 0 Å². The molecule has 0 radical (unpaired) electrons. The van der Waals surface area contributed by atoms with Crippen LogP contribution in [0.4, 0.5) is 11.5 Å². The molecule has 102 valence electrons. The summed E-state index contributed by atoms with van der Waals surface area (Å²) in [6.07, 6.45) is 5.19. The van der Waals surface area contributed by atoms with Gasteiger partial charge in [0.2, 0.25) is 0 Å². The fraction of sp³-hybridized carbons (Fsp3) is 0.267. The van der Waals surface area contributed by atoms with E-state index >= 15 is 0 Å². The largest absolute Gasteiger partial charge is 0.348 e. The summed E-state index contributed by atoms with van der Waals surface area (Å²) in [5, 5.41) is 6.03. The predicted octanol–water partition coefficient (Wildman–Crippen LogP) is 2.42. The molecule has 1 amide bonds. The van der Waals surface area contributed by atoms with E-state index < -0.39 is 0 Å². The van der Waals surface area contributed by atoms with Crippen LogP contribution in [0.25, 0.3) is 0 Å². The minimum Gasteiger partial charge on any atom is -0.348 e. The Kier molecular flexibility index (Phi) is 3.33. The van der Waals surface area contributed by atoms with E-state index in [0.717, 1.165) is 18.5 Å². The molecule has 2 N–H and O–H groups in total. The van der Waals surface area contributed by atoms with Gasteiger partial charge in [-0.1, -0.05) is 17.7 Å². The van der Waals surface area contributed by atoms with Gasteiger partial charge in [-0.2, -0.15) is 0 Å². The lowest BCUT2D eigenvalue weighted by Gasteiger charge is -2.06. The van der Waals surface area contributed by atoms with Crippen molar-refractivity contribution in [2.75, 3.05) is 5.32 Å². The van der Waals surface area contributed by atoms with Gasteiger partial charge in [0.05, 0.1) is 12.4 Å². The van der Waals surface area contributed by atoms with E-state index in [4.69, 9.17) is 0 Å². The van der Waals surface area contributed by atoms with Crippen LogP contribution in [0.5, 0.6) is 0 Å². The highest BCUT2D eigenvalue weighted by molar-refractivity contribution is 5.92. The van der Waals surface area contributed by atoms with Crippen molar-refractivity contribution in [3.63, 3.8) is 0 Å². The zero-order valence-electron chi connectivity index (χ0n) is 11.3. The lowest BCUT2D eigenvalue weighted by atomic mass is 10.2. The van der Waals surface area contributed by atoms with E-state index in [0.29, 0.717) is 17.6 Å². The first-order valence-corrected chi connectivity index (χ1v) is 6.67. The van der Waals surface area contributed by atoms with Gasteiger partial charge in [-0.25, -0.2) is 9.97 Å². The number of carbonyl (C=O) groups excluding carboxylic acids is 1. The van der Waals surface area contributed by atoms with Crippen molar-refractivity contribution < 1.29 is 4.79 Å². The number of carbonyl (C=O) groups is 1. The molecule has 20 heavy (non-hydrogen) atoms. The summed E-state index contributed by atoms with van der Waals surface area (Å²) >= 11 is 0. The molecule has 5 nitrogen and oxygen atoms in total. The normalized spacial score (nSPS) is 13.8. The van der Waals surface area contributed by atoms with Gasteiger partial charge in [0.1, 0.15) is 11.5 Å². The van der Waals surface area contributed by atoms with Crippen LogP contribution in [0.15, 0.2) is 36.7 Å². The van der Waals surface area contributed by atoms with Crippen molar-refractivity contribution in [2.45, 2.75) is 25.8 Å². The highest BCUT2D eigenvalue weighted by atomic mass is 16.2. The fourth-order valence-electron chi connectivity index (χ4n) is 1.78. The molecule has 1 fully saturated rings. The molecule has 1 aromatic carbocycles. The third-order valence-electron chi connectivity index (χ3n) is 3.12. The highest BCUT2D eigenvalue weighted by Gasteiger charge is 2.24. The zero-order chi connectivity index (χ0) is 13.9. The summed E-state index contributed by atoms with van der Waals surface area (Å²) in [5.74, 6) is 0.471. The molecule has 1 aliphatic rings. The standard InChI is InChI=1S/C15H16N4O/c1-10-2-4-11(5-3-10)18-14-9-16-13(8-17-14)15(20)19-12-6-7-12/h2-5,8-9,12H,6-7H2,1H3,(H,17,18)(H,19,20). The minimum absolute atomic E-state index is 0.151. The second kappa shape index (κ2) is 5.28. The number of anilines is 2. The highest BCUT2D eigenvalue weighted by Crippen LogP contribution is 2.19. The zero-order valence-corrected chi connectivity index (χ0v) is 11.3. The molecule has 2 aromatic rings. The Morgan fingerprint density at radius 1 is 1.15 bits per heavy atom. The molecule has 0 unspecified atom stereocenters. The van der Waals surface area contributed by atoms with E-state index in [2.05, 4.69) is 20.6 Å². The van der Waals surface area contributed by atoms with E-state index in [1.165, 1.54) is 11.8 Å². The molecule has 1 saturated carbocycles. The third kappa shape index (κ3) is 3.12. The first-order valence-electron chi connectivity index (χ1n) is 6.67. The molecule has 1 aliphatic carbocycles. The van der Waals surface area contributed by atoms with Crippen molar-refractivity contribution in [2.24, 2.45) is 0 Å². The first-order chi connectivity index (χ1) is 9.70. The van der Waals surface area contributed by atoms with Crippen LogP contribution in [0.1, 0.15) is 28.9 Å². The number of nitrogens with one attached hydrogen (secondary N) is 2. The van der Waals surface area contributed by atoms with Gasteiger partial charge in [-0.3, -0.25) is 4.79 Å². The van der Waals surface area contributed by atoms with Gasteiger partial charge in [-0.15, -0.1) is 0 Å². The SMILES string of the molecule is Cc1ccc(Nc2cnc(C(=O)NC3CC3)cn2)cc1. The summed E-state index contributed by atoms with van der Waals surface area (Å²) in [5.41, 5.74) is 2.50. The van der Waals surface area contributed by atoms with Crippen molar-refractivity contribution in [3.05, 3.63) is 47.9 Å².